The third kappa shape index (κ3) is 3.87. The Bertz CT molecular complexity index is 1270. The van der Waals surface area contributed by atoms with Gasteiger partial charge in [-0.3, -0.25) is 4.98 Å². The molecule has 1 fully saturated rings. The molecule has 33 heavy (non-hydrogen) atoms. The minimum atomic E-state index is -0.356. The van der Waals surface area contributed by atoms with Crippen LogP contribution in [0.3, 0.4) is 0 Å². The molecule has 1 N–H and O–H groups in total. The number of carbonyl (C=O) groups is 1. The Kier molecular flexibility index (Phi) is 5.62. The molecule has 1 aliphatic heterocycles. The zero-order chi connectivity index (χ0) is 22.8. The van der Waals surface area contributed by atoms with Crippen molar-refractivity contribution >= 4 is 29.0 Å². The van der Waals surface area contributed by atoms with Crippen LogP contribution in [0, 0.1) is 0 Å². The van der Waals surface area contributed by atoms with Crippen LogP contribution in [-0.4, -0.2) is 27.7 Å². The van der Waals surface area contributed by atoms with Crippen molar-refractivity contribution in [3.63, 3.8) is 0 Å². The van der Waals surface area contributed by atoms with Gasteiger partial charge in [-0.2, -0.15) is 0 Å². The van der Waals surface area contributed by atoms with Crippen LogP contribution < -0.4 is 10.2 Å². The molecule has 7 heteroatoms. The van der Waals surface area contributed by atoms with Crippen LogP contribution in [0.5, 0.6) is 0 Å². The number of rotatable bonds is 5. The van der Waals surface area contributed by atoms with E-state index < -0.39 is 0 Å². The molecule has 0 amide bonds. The Morgan fingerprint density at radius 2 is 1.70 bits per heavy atom. The molecule has 0 spiro atoms. The van der Waals surface area contributed by atoms with Crippen molar-refractivity contribution in [2.45, 2.75) is 12.1 Å². The zero-order valence-electron chi connectivity index (χ0n) is 18.0. The number of esters is 1. The number of hydrogen-bond acceptors (Lipinski definition) is 4. The summed E-state index contributed by atoms with van der Waals surface area (Å²) in [6.07, 6.45) is 3.81. The average molecular weight is 455 g/mol. The highest BCUT2D eigenvalue weighted by Gasteiger charge is 2.42. The highest BCUT2D eigenvalue weighted by Crippen LogP contribution is 2.42. The smallest absolute Gasteiger partial charge is 0.337 e. The number of thiocarbonyl (C=S) groups is 1. The van der Waals surface area contributed by atoms with Gasteiger partial charge in [-0.1, -0.05) is 24.3 Å². The highest BCUT2D eigenvalue weighted by atomic mass is 32.1. The molecule has 2 aromatic heterocycles. The monoisotopic (exact) mass is 454 g/mol. The molecule has 1 saturated heterocycles. The molecule has 0 bridgehead atoms. The van der Waals surface area contributed by atoms with E-state index in [0.29, 0.717) is 10.7 Å². The van der Waals surface area contributed by atoms with Gasteiger partial charge in [-0.25, -0.2) is 4.79 Å². The number of benzene rings is 2. The summed E-state index contributed by atoms with van der Waals surface area (Å²) < 4.78 is 6.95. The lowest BCUT2D eigenvalue weighted by atomic mass is 10.0. The van der Waals surface area contributed by atoms with Gasteiger partial charge in [0.2, 0.25) is 0 Å². The number of aromatic nitrogens is 2. The van der Waals surface area contributed by atoms with E-state index in [4.69, 9.17) is 17.0 Å². The number of carbonyl (C=O) groups excluding carboxylic acids is 1. The van der Waals surface area contributed by atoms with Gasteiger partial charge >= 0.3 is 5.97 Å². The topological polar surface area (TPSA) is 59.4 Å². The van der Waals surface area contributed by atoms with Crippen LogP contribution in [0.4, 0.5) is 5.69 Å². The number of para-hydroxylation sites is 1. The molecular formula is C26H22N4O2S. The first-order valence-corrected chi connectivity index (χ1v) is 11.0. The Labute approximate surface area is 197 Å². The number of ether oxygens (including phenoxy) is 1. The maximum absolute atomic E-state index is 11.9. The minimum Gasteiger partial charge on any atom is -0.465 e. The molecule has 6 nitrogen and oxygen atoms in total. The zero-order valence-corrected chi connectivity index (χ0v) is 18.8. The molecule has 5 rings (SSSR count). The Hall–Kier alpha value is -3.97. The van der Waals surface area contributed by atoms with E-state index in [2.05, 4.69) is 38.0 Å². The van der Waals surface area contributed by atoms with E-state index in [0.717, 1.165) is 22.8 Å². The van der Waals surface area contributed by atoms with Gasteiger partial charge in [-0.05, 0) is 72.9 Å². The number of hydrogen-bond donors (Lipinski definition) is 1. The summed E-state index contributed by atoms with van der Waals surface area (Å²) in [7, 11) is 1.38. The van der Waals surface area contributed by atoms with E-state index >= 15 is 0 Å². The van der Waals surface area contributed by atoms with E-state index in [1.54, 1.807) is 18.3 Å². The Balaban J connectivity index is 1.61. The molecular weight excluding hydrogens is 432 g/mol. The van der Waals surface area contributed by atoms with Crippen LogP contribution in [0.2, 0.25) is 0 Å². The number of methoxy groups -OCH3 is 1. The van der Waals surface area contributed by atoms with Crippen LogP contribution in [0.25, 0.3) is 5.69 Å². The standard InChI is InChI=1S/C26H22N4O2S/c1-32-25(31)18-12-14-19(15-13-18)29-17-7-11-22(29)24-23(21-10-5-6-16-27-21)28-26(33)30(24)20-8-3-2-4-9-20/h2-17,23-24H,1H3,(H,28,33)/t23-,24-/m1/s1. The second kappa shape index (κ2) is 8.88. The van der Waals surface area contributed by atoms with Crippen LogP contribution in [0.1, 0.15) is 33.8 Å². The van der Waals surface area contributed by atoms with Crippen LogP contribution in [-0.2, 0) is 4.74 Å². The van der Waals surface area contributed by atoms with Crippen LogP contribution in [0.15, 0.2) is 97.3 Å². The first kappa shape index (κ1) is 20.9. The molecule has 0 aliphatic carbocycles. The lowest BCUT2D eigenvalue weighted by Gasteiger charge is -2.29. The van der Waals surface area contributed by atoms with E-state index in [9.17, 15) is 4.79 Å². The van der Waals surface area contributed by atoms with Gasteiger partial charge in [0.15, 0.2) is 5.11 Å². The van der Waals surface area contributed by atoms with Crippen molar-refractivity contribution in [3.8, 4) is 5.69 Å². The SMILES string of the molecule is COC(=O)c1ccc(-n2cccc2[C@@H]2[C@@H](c3ccccn3)NC(=S)N2c2ccccc2)cc1. The second-order valence-corrected chi connectivity index (χ2v) is 8.06. The van der Waals surface area contributed by atoms with Crippen molar-refractivity contribution in [2.24, 2.45) is 0 Å². The third-order valence-electron chi connectivity index (χ3n) is 5.78. The van der Waals surface area contributed by atoms with Crippen molar-refractivity contribution in [1.82, 2.24) is 14.9 Å². The second-order valence-electron chi connectivity index (χ2n) is 7.67. The summed E-state index contributed by atoms with van der Waals surface area (Å²) in [5.74, 6) is -0.356. The molecule has 1 aliphatic rings. The number of anilines is 1. The summed E-state index contributed by atoms with van der Waals surface area (Å²) in [5.41, 5.74) is 4.42. The molecule has 4 aromatic rings. The number of nitrogens with one attached hydrogen (secondary N) is 1. The summed E-state index contributed by atoms with van der Waals surface area (Å²) in [6, 6.07) is 27.2. The number of nitrogens with zero attached hydrogens (tertiary/aromatic N) is 3. The lowest BCUT2D eigenvalue weighted by molar-refractivity contribution is 0.0600. The van der Waals surface area contributed by atoms with Gasteiger partial charge < -0.3 is 19.5 Å². The molecule has 2 atom stereocenters. The van der Waals surface area contributed by atoms with E-state index in [-0.39, 0.29) is 18.1 Å². The third-order valence-corrected chi connectivity index (χ3v) is 6.10. The lowest BCUT2D eigenvalue weighted by Crippen LogP contribution is -2.30. The largest absolute Gasteiger partial charge is 0.465 e. The summed E-state index contributed by atoms with van der Waals surface area (Å²) in [5, 5.41) is 4.14. The van der Waals surface area contributed by atoms with Gasteiger partial charge in [-0.15, -0.1) is 0 Å². The molecule has 164 valence electrons. The highest BCUT2D eigenvalue weighted by molar-refractivity contribution is 7.80. The minimum absolute atomic E-state index is 0.134. The van der Waals surface area contributed by atoms with Crippen molar-refractivity contribution in [2.75, 3.05) is 12.0 Å². The first-order valence-electron chi connectivity index (χ1n) is 10.6. The fourth-order valence-electron chi connectivity index (χ4n) is 4.27. The molecule has 2 aromatic carbocycles. The molecule has 0 radical (unpaired) electrons. The average Bonchev–Trinajstić information content (AvgIpc) is 3.49. The fourth-order valence-corrected chi connectivity index (χ4v) is 4.61. The van der Waals surface area contributed by atoms with E-state index in [1.807, 2.05) is 60.8 Å². The maximum atomic E-state index is 11.9. The Morgan fingerprint density at radius 1 is 0.939 bits per heavy atom. The molecule has 0 saturated carbocycles. The van der Waals surface area contributed by atoms with Crippen molar-refractivity contribution in [3.05, 3.63) is 114 Å². The van der Waals surface area contributed by atoms with Crippen molar-refractivity contribution < 1.29 is 9.53 Å². The number of pyridine rings is 1. The molecule has 3 heterocycles. The summed E-state index contributed by atoms with van der Waals surface area (Å²) >= 11 is 5.80. The Morgan fingerprint density at radius 3 is 2.39 bits per heavy atom. The van der Waals surface area contributed by atoms with E-state index in [1.165, 1.54) is 7.11 Å². The van der Waals surface area contributed by atoms with Gasteiger partial charge in [0.25, 0.3) is 0 Å². The van der Waals surface area contributed by atoms with Gasteiger partial charge in [0.1, 0.15) is 6.04 Å². The summed E-state index contributed by atoms with van der Waals surface area (Å²) in [6.45, 7) is 0. The van der Waals surface area contributed by atoms with Crippen molar-refractivity contribution in [1.29, 1.82) is 0 Å². The molecule has 0 unspecified atom stereocenters. The predicted octanol–water partition coefficient (Wildman–Crippen LogP) is 4.84. The first-order chi connectivity index (χ1) is 16.2. The predicted molar refractivity (Wildman–Crippen MR) is 131 cm³/mol. The maximum Gasteiger partial charge on any atom is 0.337 e. The summed E-state index contributed by atoms with van der Waals surface area (Å²) in [4.78, 5) is 18.6. The van der Waals surface area contributed by atoms with Crippen LogP contribution >= 0.6 is 12.2 Å². The van der Waals surface area contributed by atoms with Gasteiger partial charge in [0, 0.05) is 29.5 Å². The quantitative estimate of drug-likeness (QED) is 0.344. The normalized spacial score (nSPS) is 17.6. The fraction of sp³-hybridized carbons (Fsp3) is 0.115. The van der Waals surface area contributed by atoms with Gasteiger partial charge in [0.05, 0.1) is 24.4 Å².